The van der Waals surface area contributed by atoms with Crippen LogP contribution < -0.4 is 10.6 Å². The van der Waals surface area contributed by atoms with Gasteiger partial charge in [-0.15, -0.1) is 0 Å². The highest BCUT2D eigenvalue weighted by Gasteiger charge is 2.19. The first-order valence-corrected chi connectivity index (χ1v) is 8.20. The van der Waals surface area contributed by atoms with E-state index in [1.165, 1.54) is 5.56 Å². The summed E-state index contributed by atoms with van der Waals surface area (Å²) in [4.78, 5) is 12.4. The van der Waals surface area contributed by atoms with Gasteiger partial charge in [-0.05, 0) is 37.2 Å². The van der Waals surface area contributed by atoms with Crippen LogP contribution in [-0.4, -0.2) is 39.1 Å². The lowest BCUT2D eigenvalue weighted by Gasteiger charge is -2.14. The number of amides is 1. The minimum atomic E-state index is -0.393. The first kappa shape index (κ1) is 16.9. The van der Waals surface area contributed by atoms with E-state index in [1.807, 2.05) is 42.3 Å². The van der Waals surface area contributed by atoms with Crippen LogP contribution in [0.4, 0.5) is 0 Å². The second-order valence-corrected chi connectivity index (χ2v) is 5.83. The Morgan fingerprint density at radius 3 is 2.64 bits per heavy atom. The number of benzene rings is 1. The summed E-state index contributed by atoms with van der Waals surface area (Å²) in [6.45, 7) is 0.582. The van der Waals surface area contributed by atoms with Crippen molar-refractivity contribution in [1.82, 2.24) is 30.2 Å². The zero-order chi connectivity index (χ0) is 17.6. The quantitative estimate of drug-likeness (QED) is 0.679. The molecule has 0 aliphatic rings. The van der Waals surface area contributed by atoms with Crippen molar-refractivity contribution in [3.05, 3.63) is 66.2 Å². The minimum Gasteiger partial charge on any atom is -0.354 e. The Hall–Kier alpha value is -2.93. The Bertz CT molecular complexity index is 806. The van der Waals surface area contributed by atoms with Crippen molar-refractivity contribution in [1.29, 1.82) is 0 Å². The van der Waals surface area contributed by atoms with Crippen molar-refractivity contribution in [3.63, 3.8) is 0 Å². The molecule has 0 saturated heterocycles. The third-order valence-corrected chi connectivity index (χ3v) is 4.03. The van der Waals surface area contributed by atoms with Crippen molar-refractivity contribution in [2.24, 2.45) is 7.05 Å². The smallest absolute Gasteiger partial charge is 0.241 e. The molecule has 1 atom stereocenters. The second-order valence-electron chi connectivity index (χ2n) is 5.83. The lowest BCUT2D eigenvalue weighted by atomic mass is 10.1. The summed E-state index contributed by atoms with van der Waals surface area (Å²) < 4.78 is 3.51. The molecule has 7 nitrogen and oxygen atoms in total. The zero-order valence-corrected chi connectivity index (χ0v) is 14.4. The molecule has 0 aliphatic carbocycles. The van der Waals surface area contributed by atoms with Crippen molar-refractivity contribution in [3.8, 4) is 5.69 Å². The molecule has 3 rings (SSSR count). The lowest BCUT2D eigenvalue weighted by Crippen LogP contribution is -2.36. The fourth-order valence-corrected chi connectivity index (χ4v) is 2.71. The van der Waals surface area contributed by atoms with Gasteiger partial charge in [-0.2, -0.15) is 10.2 Å². The highest BCUT2D eigenvalue weighted by Crippen LogP contribution is 2.12. The van der Waals surface area contributed by atoms with Gasteiger partial charge < -0.3 is 10.6 Å². The van der Waals surface area contributed by atoms with E-state index in [0.29, 0.717) is 6.54 Å². The van der Waals surface area contributed by atoms with E-state index >= 15 is 0 Å². The lowest BCUT2D eigenvalue weighted by molar-refractivity contribution is -0.123. The van der Waals surface area contributed by atoms with Gasteiger partial charge in [-0.1, -0.05) is 12.1 Å². The molecule has 2 heterocycles. The number of nitrogens with one attached hydrogen (secondary N) is 2. The van der Waals surface area contributed by atoms with E-state index in [0.717, 1.165) is 17.7 Å². The Morgan fingerprint density at radius 1 is 1.24 bits per heavy atom. The molecule has 0 aliphatic heterocycles. The summed E-state index contributed by atoms with van der Waals surface area (Å²) >= 11 is 0. The van der Waals surface area contributed by atoms with E-state index < -0.39 is 6.04 Å². The largest absolute Gasteiger partial charge is 0.354 e. The molecular weight excluding hydrogens is 316 g/mol. The van der Waals surface area contributed by atoms with Gasteiger partial charge in [-0.25, -0.2) is 4.68 Å². The van der Waals surface area contributed by atoms with Crippen molar-refractivity contribution >= 4 is 5.91 Å². The van der Waals surface area contributed by atoms with Gasteiger partial charge in [0.25, 0.3) is 0 Å². The molecule has 130 valence electrons. The molecular formula is C18H22N6O. The van der Waals surface area contributed by atoms with Crippen LogP contribution >= 0.6 is 0 Å². The maximum atomic E-state index is 12.4. The average Bonchev–Trinajstić information content (AvgIpc) is 3.28. The van der Waals surface area contributed by atoms with Crippen LogP contribution in [0.15, 0.2) is 55.1 Å². The number of hydrogen-bond acceptors (Lipinski definition) is 4. The minimum absolute atomic E-state index is 0.0522. The van der Waals surface area contributed by atoms with Gasteiger partial charge in [0.1, 0.15) is 6.04 Å². The van der Waals surface area contributed by atoms with E-state index in [-0.39, 0.29) is 5.91 Å². The summed E-state index contributed by atoms with van der Waals surface area (Å²) in [6.07, 6.45) is 7.98. The fraction of sp³-hybridized carbons (Fsp3) is 0.278. The fourth-order valence-electron chi connectivity index (χ4n) is 2.71. The first-order valence-electron chi connectivity index (χ1n) is 8.20. The number of aryl methyl sites for hydroxylation is 1. The zero-order valence-electron chi connectivity index (χ0n) is 14.4. The predicted octanol–water partition coefficient (Wildman–Crippen LogP) is 1.23. The topological polar surface area (TPSA) is 76.8 Å². The van der Waals surface area contributed by atoms with Crippen molar-refractivity contribution in [2.75, 3.05) is 13.6 Å². The molecule has 0 bridgehead atoms. The van der Waals surface area contributed by atoms with Gasteiger partial charge in [0.15, 0.2) is 0 Å². The number of likely N-dealkylation sites (N-methyl/N-ethyl adjacent to an activating group) is 1. The van der Waals surface area contributed by atoms with E-state index in [2.05, 4.69) is 33.0 Å². The number of rotatable bonds is 7. The third kappa shape index (κ3) is 4.13. The molecule has 2 N–H and O–H groups in total. The number of carbonyl (C=O) groups excluding carboxylic acids is 1. The molecule has 25 heavy (non-hydrogen) atoms. The molecule has 3 aromatic rings. The number of nitrogens with zero attached hydrogens (tertiary/aromatic N) is 4. The predicted molar refractivity (Wildman–Crippen MR) is 95.3 cm³/mol. The number of carbonyl (C=O) groups is 1. The summed E-state index contributed by atoms with van der Waals surface area (Å²) in [6, 6.07) is 9.66. The maximum absolute atomic E-state index is 12.4. The van der Waals surface area contributed by atoms with E-state index in [1.54, 1.807) is 24.1 Å². The first-order chi connectivity index (χ1) is 12.2. The summed E-state index contributed by atoms with van der Waals surface area (Å²) in [5.41, 5.74) is 3.04. The standard InChI is InChI=1S/C18H22N6O/c1-19-17(15-12-22-23(2)13-15)18(25)20-10-8-14-4-6-16(7-5-14)24-11-3-9-21-24/h3-7,9,11-13,17,19H,8,10H2,1-2H3,(H,20,25). The van der Waals surface area contributed by atoms with Crippen LogP contribution in [0.25, 0.3) is 5.69 Å². The Balaban J connectivity index is 1.52. The molecule has 1 unspecified atom stereocenters. The van der Waals surface area contributed by atoms with Gasteiger partial charge >= 0.3 is 0 Å². The van der Waals surface area contributed by atoms with Crippen LogP contribution in [0, 0.1) is 0 Å². The van der Waals surface area contributed by atoms with Gasteiger partial charge in [0.2, 0.25) is 5.91 Å². The van der Waals surface area contributed by atoms with Gasteiger partial charge in [0, 0.05) is 37.7 Å². The maximum Gasteiger partial charge on any atom is 0.241 e. The Labute approximate surface area is 146 Å². The molecule has 0 radical (unpaired) electrons. The molecule has 7 heteroatoms. The van der Waals surface area contributed by atoms with Crippen LogP contribution in [0.3, 0.4) is 0 Å². The van der Waals surface area contributed by atoms with Crippen molar-refractivity contribution < 1.29 is 4.79 Å². The monoisotopic (exact) mass is 338 g/mol. The third-order valence-electron chi connectivity index (χ3n) is 4.03. The van der Waals surface area contributed by atoms with Crippen LogP contribution in [0.1, 0.15) is 17.2 Å². The molecule has 1 amide bonds. The van der Waals surface area contributed by atoms with E-state index in [9.17, 15) is 4.79 Å². The molecule has 2 aromatic heterocycles. The molecule has 0 fully saturated rings. The average molecular weight is 338 g/mol. The van der Waals surface area contributed by atoms with Crippen molar-refractivity contribution in [2.45, 2.75) is 12.5 Å². The molecule has 0 spiro atoms. The number of hydrogen-bond donors (Lipinski definition) is 2. The van der Waals surface area contributed by atoms with Crippen LogP contribution in [0.5, 0.6) is 0 Å². The summed E-state index contributed by atoms with van der Waals surface area (Å²) in [5.74, 6) is -0.0522. The summed E-state index contributed by atoms with van der Waals surface area (Å²) in [5, 5.41) is 14.3. The van der Waals surface area contributed by atoms with E-state index in [4.69, 9.17) is 0 Å². The SMILES string of the molecule is CNC(C(=O)NCCc1ccc(-n2cccn2)cc1)c1cnn(C)c1. The second kappa shape index (κ2) is 7.76. The van der Waals surface area contributed by atoms with Gasteiger partial charge in [0.05, 0.1) is 11.9 Å². The Morgan fingerprint density at radius 2 is 2.04 bits per heavy atom. The highest BCUT2D eigenvalue weighted by atomic mass is 16.2. The van der Waals surface area contributed by atoms with Gasteiger partial charge in [-0.3, -0.25) is 9.48 Å². The molecule has 0 saturated carbocycles. The number of aromatic nitrogens is 4. The normalized spacial score (nSPS) is 12.1. The van der Waals surface area contributed by atoms with Crippen LogP contribution in [-0.2, 0) is 18.3 Å². The van der Waals surface area contributed by atoms with Crippen LogP contribution in [0.2, 0.25) is 0 Å². The Kier molecular flexibility index (Phi) is 5.25. The molecule has 1 aromatic carbocycles. The highest BCUT2D eigenvalue weighted by molar-refractivity contribution is 5.83. The summed E-state index contributed by atoms with van der Waals surface area (Å²) in [7, 11) is 3.60.